The third-order valence-corrected chi connectivity index (χ3v) is 10.0. The summed E-state index contributed by atoms with van der Waals surface area (Å²) in [7, 11) is 2.18. The molecule has 1 aromatic heterocycles. The highest BCUT2D eigenvalue weighted by molar-refractivity contribution is 6.30. The highest BCUT2D eigenvalue weighted by atomic mass is 35.5. The molecule has 0 unspecified atom stereocenters. The van der Waals surface area contributed by atoms with E-state index in [-0.39, 0.29) is 6.04 Å². The minimum absolute atomic E-state index is 0.210. The van der Waals surface area contributed by atoms with Crippen LogP contribution in [0.5, 0.6) is 6.01 Å². The summed E-state index contributed by atoms with van der Waals surface area (Å²) in [5, 5.41) is 3.33. The SMILES string of the molecule is Cc1cccc2cccc(N3CCc4c(nc(OC[C@@H]5CCCN5C)nc4N4CCC(N=C=NCc5ccc(Cl)cc5)CC4)C3)c12. The molecule has 238 valence electrons. The summed E-state index contributed by atoms with van der Waals surface area (Å²) >= 11 is 5.99. The molecule has 0 radical (unpaired) electrons. The summed E-state index contributed by atoms with van der Waals surface area (Å²) in [6.07, 6.45) is 5.14. The fourth-order valence-electron chi connectivity index (χ4n) is 7.10. The average molecular weight is 636 g/mol. The summed E-state index contributed by atoms with van der Waals surface area (Å²) in [6.45, 7) is 7.93. The van der Waals surface area contributed by atoms with Crippen molar-refractivity contribution in [1.29, 1.82) is 0 Å². The molecule has 3 aliphatic heterocycles. The maximum absolute atomic E-state index is 6.36. The lowest BCUT2D eigenvalue weighted by molar-refractivity contribution is 0.187. The van der Waals surface area contributed by atoms with Crippen molar-refractivity contribution in [2.45, 2.75) is 64.2 Å². The zero-order chi connectivity index (χ0) is 31.5. The van der Waals surface area contributed by atoms with Gasteiger partial charge in [0.15, 0.2) is 0 Å². The van der Waals surface area contributed by atoms with Gasteiger partial charge in [0.2, 0.25) is 0 Å². The number of aryl methyl sites for hydroxylation is 1. The molecule has 2 fully saturated rings. The number of aliphatic imine (C=N–C) groups is 2. The first-order valence-electron chi connectivity index (χ1n) is 16.6. The minimum atomic E-state index is 0.210. The van der Waals surface area contributed by atoms with E-state index < -0.39 is 0 Å². The van der Waals surface area contributed by atoms with Crippen molar-refractivity contribution in [3.05, 3.63) is 88.1 Å². The first-order valence-corrected chi connectivity index (χ1v) is 17.0. The molecule has 0 amide bonds. The van der Waals surface area contributed by atoms with Crippen molar-refractivity contribution in [2.75, 3.05) is 49.6 Å². The molecule has 4 heterocycles. The van der Waals surface area contributed by atoms with E-state index in [1.54, 1.807) is 0 Å². The second kappa shape index (κ2) is 13.8. The van der Waals surface area contributed by atoms with Crippen molar-refractivity contribution < 1.29 is 4.74 Å². The van der Waals surface area contributed by atoms with Crippen LogP contribution in [0.3, 0.4) is 0 Å². The average Bonchev–Trinajstić information content (AvgIpc) is 3.50. The Labute approximate surface area is 276 Å². The lowest BCUT2D eigenvalue weighted by atomic mass is 9.99. The van der Waals surface area contributed by atoms with Crippen LogP contribution >= 0.6 is 11.6 Å². The number of hydrogen-bond acceptors (Lipinski definition) is 8. The van der Waals surface area contributed by atoms with Gasteiger partial charge in [-0.25, -0.2) is 9.98 Å². The van der Waals surface area contributed by atoms with E-state index >= 15 is 0 Å². The van der Waals surface area contributed by atoms with Gasteiger partial charge in [0, 0.05) is 47.3 Å². The summed E-state index contributed by atoms with van der Waals surface area (Å²) in [5.74, 6) is 1.03. The Morgan fingerprint density at radius 3 is 2.52 bits per heavy atom. The van der Waals surface area contributed by atoms with Crippen LogP contribution in [0.4, 0.5) is 11.5 Å². The number of likely N-dealkylation sites (tertiary alicyclic amines) is 1. The third-order valence-electron chi connectivity index (χ3n) is 9.78. The molecule has 7 rings (SSSR count). The van der Waals surface area contributed by atoms with Crippen LogP contribution in [0.2, 0.25) is 5.02 Å². The Morgan fingerprint density at radius 1 is 0.935 bits per heavy atom. The second-order valence-corrected chi connectivity index (χ2v) is 13.3. The van der Waals surface area contributed by atoms with Crippen LogP contribution in [0.25, 0.3) is 10.8 Å². The largest absolute Gasteiger partial charge is 0.462 e. The van der Waals surface area contributed by atoms with Gasteiger partial charge in [-0.3, -0.25) is 0 Å². The molecule has 0 spiro atoms. The van der Waals surface area contributed by atoms with Crippen LogP contribution in [0.15, 0.2) is 70.6 Å². The molecule has 0 saturated carbocycles. The lowest BCUT2D eigenvalue weighted by Gasteiger charge is -2.36. The van der Waals surface area contributed by atoms with E-state index in [1.165, 1.54) is 34.0 Å². The van der Waals surface area contributed by atoms with Gasteiger partial charge in [-0.05, 0) is 87.3 Å². The quantitative estimate of drug-likeness (QED) is 0.195. The lowest BCUT2D eigenvalue weighted by Crippen LogP contribution is -2.39. The normalized spacial score (nSPS) is 18.8. The summed E-state index contributed by atoms with van der Waals surface area (Å²) in [4.78, 5) is 26.5. The highest BCUT2D eigenvalue weighted by Crippen LogP contribution is 2.36. The molecule has 46 heavy (non-hydrogen) atoms. The Bertz CT molecular complexity index is 1740. The number of fused-ring (bicyclic) bond motifs is 2. The van der Waals surface area contributed by atoms with Gasteiger partial charge in [-0.2, -0.15) is 9.97 Å². The fraction of sp³-hybridized carbons (Fsp3) is 0.432. The number of nitrogens with zero attached hydrogens (tertiary/aromatic N) is 7. The van der Waals surface area contributed by atoms with Crippen molar-refractivity contribution in [3.63, 3.8) is 0 Å². The van der Waals surface area contributed by atoms with Crippen molar-refractivity contribution in [2.24, 2.45) is 9.98 Å². The number of anilines is 2. The molecule has 3 aromatic carbocycles. The first kappa shape index (κ1) is 30.7. The van der Waals surface area contributed by atoms with Crippen LogP contribution in [-0.2, 0) is 19.5 Å². The second-order valence-electron chi connectivity index (χ2n) is 12.9. The molecular weight excluding hydrogens is 594 g/mol. The van der Waals surface area contributed by atoms with Gasteiger partial charge in [-0.1, -0.05) is 54.1 Å². The van der Waals surface area contributed by atoms with Gasteiger partial charge in [0.1, 0.15) is 12.4 Å². The molecular formula is C37H42ClN7O. The predicted octanol–water partition coefficient (Wildman–Crippen LogP) is 6.97. The van der Waals surface area contributed by atoms with E-state index in [0.717, 1.165) is 80.5 Å². The van der Waals surface area contributed by atoms with Crippen LogP contribution < -0.4 is 14.5 Å². The summed E-state index contributed by atoms with van der Waals surface area (Å²) in [5.41, 5.74) is 6.00. The van der Waals surface area contributed by atoms with Crippen molar-refractivity contribution in [3.8, 4) is 6.01 Å². The molecule has 0 bridgehead atoms. The van der Waals surface area contributed by atoms with Gasteiger partial charge < -0.3 is 19.4 Å². The standard InChI is InChI=1S/C37H42ClN7O/c1-26-6-3-7-28-8-4-10-34(35(26)28)45-21-17-32-33(23-45)41-37(46-24-31-9-5-18-43(31)2)42-36(32)44-19-15-30(16-20-44)40-25-39-22-27-11-13-29(38)14-12-27/h3-4,6-8,10-14,30-31H,5,9,15-24H2,1-2H3/t31-/m0/s1. The molecule has 9 heteroatoms. The zero-order valence-corrected chi connectivity index (χ0v) is 27.6. The molecule has 8 nitrogen and oxygen atoms in total. The number of rotatable bonds is 8. The van der Waals surface area contributed by atoms with Gasteiger partial charge in [0.05, 0.1) is 30.8 Å². The van der Waals surface area contributed by atoms with Gasteiger partial charge in [-0.15, -0.1) is 0 Å². The molecule has 0 N–H and O–H groups in total. The number of benzene rings is 3. The first-order chi connectivity index (χ1) is 22.5. The van der Waals surface area contributed by atoms with E-state index in [9.17, 15) is 0 Å². The van der Waals surface area contributed by atoms with Crippen LogP contribution in [-0.4, -0.2) is 72.8 Å². The van der Waals surface area contributed by atoms with Gasteiger partial charge in [0.25, 0.3) is 0 Å². The molecule has 0 aliphatic carbocycles. The molecule has 4 aromatic rings. The van der Waals surface area contributed by atoms with Crippen molar-refractivity contribution >= 4 is 39.9 Å². The molecule has 3 aliphatic rings. The zero-order valence-electron chi connectivity index (χ0n) is 26.8. The number of aromatic nitrogens is 2. The minimum Gasteiger partial charge on any atom is -0.462 e. The van der Waals surface area contributed by atoms with Crippen LogP contribution in [0.1, 0.15) is 48.1 Å². The van der Waals surface area contributed by atoms with Gasteiger partial charge >= 0.3 is 6.01 Å². The smallest absolute Gasteiger partial charge is 0.318 e. The Balaban J connectivity index is 1.10. The monoisotopic (exact) mass is 635 g/mol. The fourth-order valence-corrected chi connectivity index (χ4v) is 7.22. The number of ether oxygens (including phenoxy) is 1. The summed E-state index contributed by atoms with van der Waals surface area (Å²) in [6, 6.07) is 25.0. The van der Waals surface area contributed by atoms with E-state index in [4.69, 9.17) is 26.3 Å². The van der Waals surface area contributed by atoms with Crippen molar-refractivity contribution in [1.82, 2.24) is 14.9 Å². The Hall–Kier alpha value is -3.97. The van der Waals surface area contributed by atoms with E-state index in [0.29, 0.717) is 25.2 Å². The Kier molecular flexibility index (Phi) is 9.20. The summed E-state index contributed by atoms with van der Waals surface area (Å²) < 4.78 is 6.36. The maximum Gasteiger partial charge on any atom is 0.318 e. The predicted molar refractivity (Wildman–Crippen MR) is 187 cm³/mol. The maximum atomic E-state index is 6.36. The van der Waals surface area contributed by atoms with E-state index in [2.05, 4.69) is 81.1 Å². The topological polar surface area (TPSA) is 69.5 Å². The molecule has 1 atom stereocenters. The number of likely N-dealkylation sites (N-methyl/N-ethyl adjacent to an activating group) is 1. The number of hydrogen-bond donors (Lipinski definition) is 0. The van der Waals surface area contributed by atoms with E-state index in [1.807, 2.05) is 24.3 Å². The third kappa shape index (κ3) is 6.75. The molecule has 2 saturated heterocycles. The number of piperidine rings is 1. The number of halogens is 1. The highest BCUT2D eigenvalue weighted by Gasteiger charge is 2.29. The van der Waals surface area contributed by atoms with Crippen LogP contribution in [0, 0.1) is 6.92 Å². The Morgan fingerprint density at radius 2 is 1.74 bits per heavy atom.